The largest absolute Gasteiger partial charge is 0.490 e. The average molecular weight is 1720 g/mol. The van der Waals surface area contributed by atoms with Crippen molar-refractivity contribution < 1.29 is 51.8 Å². The van der Waals surface area contributed by atoms with Gasteiger partial charge in [-0.05, 0) is 182 Å². The second-order valence-electron chi connectivity index (χ2n) is 35.1. The smallest absolute Gasteiger partial charge is 0.475 e. The van der Waals surface area contributed by atoms with Crippen LogP contribution in [0.2, 0.25) is 32.7 Å². The van der Waals surface area contributed by atoms with Gasteiger partial charge in [0.25, 0.3) is 0 Å². The molecular formula is C96H118F3N15O8Si2. The number of likely N-dealkylation sites (tertiary alicyclic amines) is 4. The van der Waals surface area contributed by atoms with E-state index in [0.29, 0.717) is 47.9 Å². The fourth-order valence-corrected chi connectivity index (χ4v) is 15.4. The Balaban J connectivity index is 0.000000224. The highest BCUT2D eigenvalue weighted by molar-refractivity contribution is 6.83. The second kappa shape index (κ2) is 45.8. The van der Waals surface area contributed by atoms with E-state index in [1.165, 1.54) is 32.8 Å². The minimum absolute atomic E-state index is 0.0279. The summed E-state index contributed by atoms with van der Waals surface area (Å²) in [7, 11) is -0.898. The van der Waals surface area contributed by atoms with Crippen LogP contribution in [0, 0.1) is 129 Å². The maximum Gasteiger partial charge on any atom is 0.490 e. The minimum Gasteiger partial charge on any atom is -0.475 e. The highest BCUT2D eigenvalue weighted by Gasteiger charge is 2.41. The van der Waals surface area contributed by atoms with E-state index in [9.17, 15) is 37.1 Å². The van der Waals surface area contributed by atoms with Crippen molar-refractivity contribution in [2.24, 2.45) is 35.0 Å². The van der Waals surface area contributed by atoms with Crippen LogP contribution < -0.4 is 5.32 Å². The maximum absolute atomic E-state index is 13.5. The van der Waals surface area contributed by atoms with Crippen LogP contribution in [0.15, 0.2) is 79.5 Å². The highest BCUT2D eigenvalue weighted by Crippen LogP contribution is 2.39. The van der Waals surface area contributed by atoms with Crippen LogP contribution in [0.3, 0.4) is 0 Å². The number of benzene rings is 2. The number of halogens is 3. The van der Waals surface area contributed by atoms with Crippen molar-refractivity contribution in [3.63, 3.8) is 0 Å². The first-order valence-electron chi connectivity index (χ1n) is 42.7. The molecule has 12 rings (SSSR count). The molecule has 4 aliphatic heterocycles. The summed E-state index contributed by atoms with van der Waals surface area (Å²) < 4.78 is 36.5. The van der Waals surface area contributed by atoms with Crippen molar-refractivity contribution in [3.8, 4) is 117 Å². The molecule has 9 heterocycles. The Kier molecular flexibility index (Phi) is 35.9. The first-order valence-corrected chi connectivity index (χ1v) is 49.1. The molecule has 0 radical (unpaired) electrons. The van der Waals surface area contributed by atoms with E-state index in [1.54, 1.807) is 23.5 Å². The molecule has 7 aromatic rings. The fourth-order valence-electron chi connectivity index (χ4n) is 14.6. The van der Waals surface area contributed by atoms with Crippen LogP contribution in [-0.2, 0) is 28.7 Å². The number of carbonyl (C=O) groups excluding carboxylic acids is 5. The standard InChI is InChI=1S/C43H49N7O4.C19H27N3OSi.C17H21N3O.C15H20N2Si.C2HF3O2/c1-28(2)38(48-42(53)54-6)41(52)50-23-13-19-36(50)39-44-26-32(46-39)17-11-10-16-30-20-21-31(24-33(30)29-14-8-7-9-15-29)34-27-45-40(47-34)35-18-12-22-49(35)37(51)25-43(3,4)5;1-14(2)15(3)19(23)22-11-8-10-17(22)18-20-13-16(21-18)9-6-7-12-24(4)5;1-5-6-8-14-11-18-16(19-14)15-9-7-10-20(15)17(21)13(4)12(2)3;1-18(2,3)11-7-6-10-14-12-16-15(17-14)13-8-4-5-9-13;3-2(4,5)1(6)7/h7-9,14-15,20-21,24,26-28,35-36,38H,12-13,18-19,22-23,25H2,1-6H3,(H,44,46)(H,45,47)(H,48,53);13-15,17,24H,8,10-11H2,1-5H3,(H,20,21);1,11-13,15H,7,9-10H2,2-4H3,(H,18,19);12-13H,4-5,8-9H2,1-3H3,(H,16,17);(H,6,7)/t35-,36-,38-;15-,17-;13-,15-;;/m000../s1. The molecule has 4 saturated heterocycles. The quantitative estimate of drug-likeness (QED) is 0.0371. The lowest BCUT2D eigenvalue weighted by molar-refractivity contribution is -0.192. The van der Waals surface area contributed by atoms with E-state index in [4.69, 9.17) is 26.0 Å². The number of aromatic amines is 5. The Morgan fingerprint density at radius 2 is 0.960 bits per heavy atom. The van der Waals surface area contributed by atoms with Gasteiger partial charge < -0.3 is 59.7 Å². The van der Waals surface area contributed by atoms with E-state index < -0.39 is 41.2 Å². The summed E-state index contributed by atoms with van der Waals surface area (Å²) in [6.45, 7) is 36.3. The normalized spacial score (nSPS) is 17.2. The van der Waals surface area contributed by atoms with Gasteiger partial charge in [0.2, 0.25) is 23.6 Å². The number of nitrogens with one attached hydrogen (secondary N) is 6. The second-order valence-corrected chi connectivity index (χ2v) is 42.5. The predicted octanol–water partition coefficient (Wildman–Crippen LogP) is 16.0. The summed E-state index contributed by atoms with van der Waals surface area (Å²) in [6, 6.07) is 15.3. The molecule has 5 amide bonds. The van der Waals surface area contributed by atoms with Gasteiger partial charge in [-0.15, -0.1) is 17.5 Å². The third-order valence-corrected chi connectivity index (χ3v) is 23.3. The van der Waals surface area contributed by atoms with Crippen molar-refractivity contribution in [2.45, 2.75) is 235 Å². The number of H-pyrrole nitrogens is 5. The molecule has 2 aromatic carbocycles. The number of ether oxygens (including phenoxy) is 1. The number of aliphatic carboxylic acids is 1. The van der Waals surface area contributed by atoms with Gasteiger partial charge in [0.15, 0.2) is 0 Å². The van der Waals surface area contributed by atoms with Crippen molar-refractivity contribution >= 4 is 52.6 Å². The number of terminal acetylenes is 1. The number of alkyl carbamates (subject to hydrolysis) is 1. The van der Waals surface area contributed by atoms with Gasteiger partial charge in [-0.1, -0.05) is 164 Å². The van der Waals surface area contributed by atoms with Gasteiger partial charge in [0.05, 0.1) is 68.0 Å². The number of carboxylic acids is 1. The number of carboxylic acid groups (broad SMARTS) is 1. The fraction of sp³-hybridized carbons (Fsp3) is 0.490. The number of alkyl halides is 3. The van der Waals surface area contributed by atoms with Crippen LogP contribution in [0.1, 0.15) is 247 Å². The molecule has 0 bridgehead atoms. The zero-order chi connectivity index (χ0) is 90.6. The summed E-state index contributed by atoms with van der Waals surface area (Å²) in [5.74, 6) is 40.8. The van der Waals surface area contributed by atoms with Crippen LogP contribution >= 0.6 is 0 Å². The maximum atomic E-state index is 13.5. The first kappa shape index (κ1) is 97.3. The Labute approximate surface area is 731 Å². The summed E-state index contributed by atoms with van der Waals surface area (Å²) in [4.78, 5) is 119. The first-order chi connectivity index (χ1) is 58.8. The molecular weight excluding hydrogens is 1600 g/mol. The molecule has 1 saturated carbocycles. The van der Waals surface area contributed by atoms with Crippen LogP contribution in [-0.4, -0.2) is 173 Å². The monoisotopic (exact) mass is 1720 g/mol. The molecule has 7 N–H and O–H groups in total. The van der Waals surface area contributed by atoms with Gasteiger partial charge in [-0.25, -0.2) is 34.5 Å². The molecule has 7 atom stereocenters. The number of amides is 5. The lowest BCUT2D eigenvalue weighted by Crippen LogP contribution is -2.51. The van der Waals surface area contributed by atoms with Gasteiger partial charge in [-0.2, -0.15) is 13.2 Å². The molecule has 28 heteroatoms. The SMILES string of the molecule is C#CC#Cc1cnc([C@@H]2CCCN2C(=O)[C@@H](C)C(C)C)[nH]1.CC(C)[C@H](C)C(=O)N1CCC[C@H]1c1ncc(C#CC#C[SiH](C)C)[nH]1.COC(=O)N[C@H](C(=O)N1CCC[C@H]1c1ncc(C#CC#Cc2ccc(-c3cnc([C@@H]4CCCN4C(=O)CC(C)(C)C)[nH]3)cc2-c2ccccc2)[nH]1)C(C)C.C[Si](C)(C)C#CC#Cc1cnc(C2CCCC2)[nH]1.O=C(O)C(F)(F)F. The van der Waals surface area contributed by atoms with E-state index in [-0.39, 0.29) is 71.0 Å². The van der Waals surface area contributed by atoms with Crippen LogP contribution in [0.4, 0.5) is 18.0 Å². The van der Waals surface area contributed by atoms with E-state index in [2.05, 4.69) is 238 Å². The molecule has 0 spiro atoms. The lowest BCUT2D eigenvalue weighted by atomic mass is 9.91. The molecule has 1 aliphatic carbocycles. The zero-order valence-electron chi connectivity index (χ0n) is 74.5. The summed E-state index contributed by atoms with van der Waals surface area (Å²) in [6.07, 6.45) is 21.2. The molecule has 23 nitrogen and oxygen atoms in total. The third kappa shape index (κ3) is 29.0. The van der Waals surface area contributed by atoms with Gasteiger partial charge >= 0.3 is 18.2 Å². The van der Waals surface area contributed by atoms with Crippen LogP contribution in [0.25, 0.3) is 22.4 Å². The van der Waals surface area contributed by atoms with Gasteiger partial charge in [0, 0.05) is 61.5 Å². The van der Waals surface area contributed by atoms with E-state index in [1.807, 2.05) is 85.1 Å². The number of aromatic nitrogens is 10. The molecule has 5 aromatic heterocycles. The predicted molar refractivity (Wildman–Crippen MR) is 481 cm³/mol. The Morgan fingerprint density at radius 3 is 1.40 bits per heavy atom. The number of rotatable bonds is 15. The Morgan fingerprint density at radius 1 is 0.540 bits per heavy atom. The minimum atomic E-state index is -5.08. The Hall–Kier alpha value is -12.2. The number of hydrogen-bond donors (Lipinski definition) is 7. The van der Waals surface area contributed by atoms with Gasteiger partial charge in [0.1, 0.15) is 74.8 Å². The van der Waals surface area contributed by atoms with Crippen molar-refractivity contribution in [2.75, 3.05) is 33.3 Å². The summed E-state index contributed by atoms with van der Waals surface area (Å²) in [5.41, 5.74) is 13.9. The zero-order valence-corrected chi connectivity index (χ0v) is 76.7. The molecule has 5 fully saturated rings. The number of nitrogens with zero attached hydrogens (tertiary/aromatic N) is 9. The third-order valence-electron chi connectivity index (χ3n) is 21.7. The van der Waals surface area contributed by atoms with E-state index >= 15 is 0 Å². The van der Waals surface area contributed by atoms with Crippen LogP contribution in [0.5, 0.6) is 0 Å². The van der Waals surface area contributed by atoms with Crippen molar-refractivity contribution in [1.29, 1.82) is 0 Å². The average Bonchev–Trinajstić information content (AvgIpc) is 1.59. The Bertz CT molecular complexity index is 5350. The number of hydrogen-bond acceptors (Lipinski definition) is 12. The topological polar surface area (TPSA) is 300 Å². The summed E-state index contributed by atoms with van der Waals surface area (Å²) in [5, 5.41) is 9.80. The lowest BCUT2D eigenvalue weighted by Gasteiger charge is -2.29. The number of carbonyl (C=O) groups is 6. The van der Waals surface area contributed by atoms with Crippen molar-refractivity contribution in [1.82, 2.24) is 74.8 Å². The summed E-state index contributed by atoms with van der Waals surface area (Å²) >= 11 is 0. The molecule has 124 heavy (non-hydrogen) atoms. The molecule has 654 valence electrons. The highest BCUT2D eigenvalue weighted by atomic mass is 28.3. The van der Waals surface area contributed by atoms with E-state index in [0.717, 1.165) is 134 Å². The number of methoxy groups -OCH3 is 1. The molecule has 5 aliphatic rings. The van der Waals surface area contributed by atoms with Gasteiger partial charge in [-0.3, -0.25) is 19.2 Å². The number of imidazole rings is 5. The molecule has 0 unspecified atom stereocenters. The van der Waals surface area contributed by atoms with Crippen molar-refractivity contribution in [3.05, 3.63) is 137 Å².